The maximum absolute atomic E-state index is 3.60. The molecule has 1 N–H and O–H groups in total. The summed E-state index contributed by atoms with van der Waals surface area (Å²) in [6.07, 6.45) is 6.03. The largest absolute Gasteiger partial charge is 0.385 e. The van der Waals surface area contributed by atoms with E-state index in [1.54, 1.807) is 0 Å². The number of aryl methyl sites for hydroxylation is 1. The van der Waals surface area contributed by atoms with E-state index >= 15 is 0 Å². The summed E-state index contributed by atoms with van der Waals surface area (Å²) in [5.74, 6) is 0. The SMILES string of the molecule is c1ccc(CCCCCNc2ccc3c(c2)Cc2ccccc2-3)cc1. The number of rotatable bonds is 7. The van der Waals surface area contributed by atoms with Crippen LogP contribution >= 0.6 is 0 Å². The monoisotopic (exact) mass is 327 g/mol. The summed E-state index contributed by atoms with van der Waals surface area (Å²) in [6, 6.07) is 26.4. The summed E-state index contributed by atoms with van der Waals surface area (Å²) in [4.78, 5) is 0. The molecule has 0 atom stereocenters. The summed E-state index contributed by atoms with van der Waals surface area (Å²) in [5.41, 5.74) is 8.43. The third kappa shape index (κ3) is 3.76. The second-order valence-corrected chi connectivity index (χ2v) is 6.93. The Bertz CT molecular complexity index is 836. The molecule has 0 aliphatic heterocycles. The molecule has 3 aromatic carbocycles. The van der Waals surface area contributed by atoms with E-state index in [0.717, 1.165) is 13.0 Å². The smallest absolute Gasteiger partial charge is 0.0343 e. The van der Waals surface area contributed by atoms with E-state index in [-0.39, 0.29) is 0 Å². The standard InChI is InChI=1S/C24H25N/c1-3-9-19(10-4-1)11-5-2-8-16-25-22-14-15-24-21(18-22)17-20-12-6-7-13-23(20)24/h1,3-4,6-7,9-10,12-15,18,25H,2,5,8,11,16-17H2. The molecule has 0 bridgehead atoms. The molecule has 25 heavy (non-hydrogen) atoms. The van der Waals surface area contributed by atoms with Gasteiger partial charge in [0.2, 0.25) is 0 Å². The van der Waals surface area contributed by atoms with Crippen molar-refractivity contribution in [2.75, 3.05) is 11.9 Å². The zero-order chi connectivity index (χ0) is 16.9. The van der Waals surface area contributed by atoms with Crippen molar-refractivity contribution in [3.05, 3.63) is 89.5 Å². The summed E-state index contributed by atoms with van der Waals surface area (Å²) in [7, 11) is 0. The molecule has 3 aromatic rings. The minimum Gasteiger partial charge on any atom is -0.385 e. The fourth-order valence-electron chi connectivity index (χ4n) is 3.76. The minimum atomic E-state index is 1.06. The number of anilines is 1. The van der Waals surface area contributed by atoms with Crippen LogP contribution in [0.3, 0.4) is 0 Å². The quantitative estimate of drug-likeness (QED) is 0.405. The van der Waals surface area contributed by atoms with Crippen LogP contribution in [0.1, 0.15) is 36.0 Å². The molecule has 1 nitrogen and oxygen atoms in total. The molecule has 0 saturated heterocycles. The molecule has 0 fully saturated rings. The van der Waals surface area contributed by atoms with Crippen molar-refractivity contribution in [3.63, 3.8) is 0 Å². The third-order valence-electron chi connectivity index (χ3n) is 5.11. The summed E-state index contributed by atoms with van der Waals surface area (Å²) >= 11 is 0. The molecule has 0 unspecified atom stereocenters. The molecular formula is C24H25N. The van der Waals surface area contributed by atoms with Crippen LogP contribution in [-0.4, -0.2) is 6.54 Å². The lowest BCUT2D eigenvalue weighted by molar-refractivity contribution is 0.698. The van der Waals surface area contributed by atoms with Gasteiger partial charge in [0.05, 0.1) is 0 Å². The first-order valence-electron chi connectivity index (χ1n) is 9.39. The van der Waals surface area contributed by atoms with Crippen LogP contribution in [0.5, 0.6) is 0 Å². The van der Waals surface area contributed by atoms with Crippen molar-refractivity contribution >= 4 is 5.69 Å². The molecule has 4 rings (SSSR count). The van der Waals surface area contributed by atoms with Crippen molar-refractivity contribution in [3.8, 4) is 11.1 Å². The Hall–Kier alpha value is -2.54. The lowest BCUT2D eigenvalue weighted by Crippen LogP contribution is -2.02. The fourth-order valence-corrected chi connectivity index (χ4v) is 3.76. The van der Waals surface area contributed by atoms with Crippen LogP contribution in [-0.2, 0) is 12.8 Å². The van der Waals surface area contributed by atoms with E-state index in [4.69, 9.17) is 0 Å². The van der Waals surface area contributed by atoms with Gasteiger partial charge in [-0.15, -0.1) is 0 Å². The van der Waals surface area contributed by atoms with Crippen molar-refractivity contribution in [2.24, 2.45) is 0 Å². The van der Waals surface area contributed by atoms with Crippen LogP contribution in [0.4, 0.5) is 5.69 Å². The average molecular weight is 327 g/mol. The zero-order valence-electron chi connectivity index (χ0n) is 14.7. The lowest BCUT2D eigenvalue weighted by Gasteiger charge is -2.09. The minimum absolute atomic E-state index is 1.06. The van der Waals surface area contributed by atoms with Crippen molar-refractivity contribution in [1.29, 1.82) is 0 Å². The molecule has 0 amide bonds. The lowest BCUT2D eigenvalue weighted by atomic mass is 10.1. The number of nitrogens with one attached hydrogen (secondary N) is 1. The van der Waals surface area contributed by atoms with Crippen molar-refractivity contribution < 1.29 is 0 Å². The molecular weight excluding hydrogens is 302 g/mol. The van der Waals surface area contributed by atoms with Crippen molar-refractivity contribution in [2.45, 2.75) is 32.1 Å². The predicted molar refractivity (Wildman–Crippen MR) is 107 cm³/mol. The van der Waals surface area contributed by atoms with E-state index in [0.29, 0.717) is 0 Å². The van der Waals surface area contributed by atoms with Gasteiger partial charge in [-0.05, 0) is 65.6 Å². The molecule has 0 heterocycles. The van der Waals surface area contributed by atoms with Crippen molar-refractivity contribution in [1.82, 2.24) is 0 Å². The van der Waals surface area contributed by atoms with Gasteiger partial charge >= 0.3 is 0 Å². The molecule has 0 aromatic heterocycles. The number of unbranched alkanes of at least 4 members (excludes halogenated alkanes) is 2. The normalized spacial score (nSPS) is 11.8. The van der Waals surface area contributed by atoms with E-state index < -0.39 is 0 Å². The Balaban J connectivity index is 1.24. The van der Waals surface area contributed by atoms with Crippen LogP contribution in [0.2, 0.25) is 0 Å². The molecule has 0 radical (unpaired) electrons. The van der Waals surface area contributed by atoms with Gasteiger partial charge < -0.3 is 5.32 Å². The Kier molecular flexibility index (Phi) is 4.83. The van der Waals surface area contributed by atoms with Crippen LogP contribution in [0.25, 0.3) is 11.1 Å². The number of hydrogen-bond acceptors (Lipinski definition) is 1. The zero-order valence-corrected chi connectivity index (χ0v) is 14.7. The summed E-state index contributed by atoms with van der Waals surface area (Å²) < 4.78 is 0. The molecule has 1 aliphatic carbocycles. The van der Waals surface area contributed by atoms with Gasteiger partial charge in [0.25, 0.3) is 0 Å². The number of fused-ring (bicyclic) bond motifs is 3. The van der Waals surface area contributed by atoms with Gasteiger partial charge in [-0.2, -0.15) is 0 Å². The first-order chi connectivity index (χ1) is 12.4. The van der Waals surface area contributed by atoms with E-state index in [1.807, 2.05) is 0 Å². The number of hydrogen-bond donors (Lipinski definition) is 1. The maximum atomic E-state index is 3.60. The highest BCUT2D eigenvalue weighted by molar-refractivity contribution is 5.78. The molecule has 0 spiro atoms. The second-order valence-electron chi connectivity index (χ2n) is 6.93. The van der Waals surface area contributed by atoms with Crippen LogP contribution < -0.4 is 5.32 Å². The van der Waals surface area contributed by atoms with Crippen LogP contribution in [0.15, 0.2) is 72.8 Å². The topological polar surface area (TPSA) is 12.0 Å². The van der Waals surface area contributed by atoms with Gasteiger partial charge in [0.15, 0.2) is 0 Å². The van der Waals surface area contributed by atoms with E-state index in [9.17, 15) is 0 Å². The molecule has 1 heteroatoms. The Morgan fingerprint density at radius 1 is 0.680 bits per heavy atom. The Labute approximate surface area is 150 Å². The predicted octanol–water partition coefficient (Wildman–Crippen LogP) is 6.08. The Morgan fingerprint density at radius 3 is 2.40 bits per heavy atom. The molecule has 1 aliphatic rings. The van der Waals surface area contributed by atoms with E-state index in [2.05, 4.69) is 78.1 Å². The fraction of sp³-hybridized carbons (Fsp3) is 0.250. The highest BCUT2D eigenvalue weighted by Gasteiger charge is 2.17. The second kappa shape index (κ2) is 7.57. The van der Waals surface area contributed by atoms with Gasteiger partial charge in [0.1, 0.15) is 0 Å². The third-order valence-corrected chi connectivity index (χ3v) is 5.11. The van der Waals surface area contributed by atoms with Gasteiger partial charge in [-0.3, -0.25) is 0 Å². The molecule has 126 valence electrons. The van der Waals surface area contributed by atoms with Gasteiger partial charge in [-0.25, -0.2) is 0 Å². The summed E-state index contributed by atoms with van der Waals surface area (Å²) in [6.45, 7) is 1.06. The molecule has 0 saturated carbocycles. The number of benzene rings is 3. The summed E-state index contributed by atoms with van der Waals surface area (Å²) in [5, 5.41) is 3.60. The van der Waals surface area contributed by atoms with Gasteiger partial charge in [-0.1, -0.05) is 67.1 Å². The average Bonchev–Trinajstić information content (AvgIpc) is 3.03. The maximum Gasteiger partial charge on any atom is 0.0343 e. The van der Waals surface area contributed by atoms with E-state index in [1.165, 1.54) is 59.2 Å². The highest BCUT2D eigenvalue weighted by atomic mass is 14.9. The Morgan fingerprint density at radius 2 is 1.48 bits per heavy atom. The first-order valence-corrected chi connectivity index (χ1v) is 9.39. The van der Waals surface area contributed by atoms with Gasteiger partial charge in [0, 0.05) is 12.2 Å². The van der Waals surface area contributed by atoms with Crippen LogP contribution in [0, 0.1) is 0 Å². The first kappa shape index (κ1) is 16.0. The highest BCUT2D eigenvalue weighted by Crippen LogP contribution is 2.37.